The van der Waals surface area contributed by atoms with Crippen molar-refractivity contribution in [3.63, 3.8) is 0 Å². The van der Waals surface area contributed by atoms with Crippen LogP contribution in [0.2, 0.25) is 0 Å². The van der Waals surface area contributed by atoms with Crippen molar-refractivity contribution in [3.05, 3.63) is 53.1 Å². The van der Waals surface area contributed by atoms with Crippen molar-refractivity contribution in [2.45, 2.75) is 18.9 Å². The number of nitrogens with one attached hydrogen (secondary N) is 1. The second-order valence-corrected chi connectivity index (χ2v) is 5.35. The molecule has 0 radical (unpaired) electrons. The van der Waals surface area contributed by atoms with Crippen LogP contribution in [0.25, 0.3) is 0 Å². The van der Waals surface area contributed by atoms with Gasteiger partial charge in [0.1, 0.15) is 5.75 Å². The van der Waals surface area contributed by atoms with Crippen molar-refractivity contribution in [1.82, 2.24) is 5.32 Å². The van der Waals surface area contributed by atoms with Gasteiger partial charge in [-0.2, -0.15) is 0 Å². The van der Waals surface area contributed by atoms with Crippen molar-refractivity contribution < 1.29 is 14.9 Å². The number of benzene rings is 2. The number of methoxy groups -OCH3 is 1. The zero-order chi connectivity index (χ0) is 14.8. The van der Waals surface area contributed by atoms with Crippen LogP contribution in [0.3, 0.4) is 0 Å². The molecule has 0 amide bonds. The minimum atomic E-state index is 0.156. The summed E-state index contributed by atoms with van der Waals surface area (Å²) in [6.07, 6.45) is 1.74. The lowest BCUT2D eigenvalue weighted by molar-refractivity contribution is 0.372. The quantitative estimate of drug-likeness (QED) is 0.811. The van der Waals surface area contributed by atoms with Crippen molar-refractivity contribution in [2.75, 3.05) is 13.7 Å². The Kier molecular flexibility index (Phi) is 3.71. The van der Waals surface area contributed by atoms with Gasteiger partial charge in [-0.3, -0.25) is 0 Å². The maximum atomic E-state index is 9.66. The normalized spacial score (nSPS) is 17.3. The molecular weight excluding hydrogens is 266 g/mol. The summed E-state index contributed by atoms with van der Waals surface area (Å²) >= 11 is 0. The molecule has 4 heteroatoms. The lowest BCUT2D eigenvalue weighted by Gasteiger charge is -2.27. The van der Waals surface area contributed by atoms with E-state index in [2.05, 4.69) is 5.32 Å². The summed E-state index contributed by atoms with van der Waals surface area (Å²) in [7, 11) is 1.55. The van der Waals surface area contributed by atoms with E-state index in [4.69, 9.17) is 4.74 Å². The van der Waals surface area contributed by atoms with Gasteiger partial charge < -0.3 is 20.3 Å². The average Bonchev–Trinajstić information content (AvgIpc) is 2.49. The van der Waals surface area contributed by atoms with Crippen molar-refractivity contribution >= 4 is 0 Å². The fraction of sp³-hybridized carbons (Fsp3) is 0.294. The van der Waals surface area contributed by atoms with Gasteiger partial charge in [-0.15, -0.1) is 0 Å². The van der Waals surface area contributed by atoms with Crippen LogP contribution in [0.5, 0.6) is 17.2 Å². The Hall–Kier alpha value is -2.20. The maximum Gasteiger partial charge on any atom is 0.160 e. The second-order valence-electron chi connectivity index (χ2n) is 5.35. The molecule has 1 atom stereocenters. The number of hydrogen-bond donors (Lipinski definition) is 3. The van der Waals surface area contributed by atoms with E-state index in [9.17, 15) is 10.2 Å². The Labute approximate surface area is 124 Å². The van der Waals surface area contributed by atoms with E-state index in [0.717, 1.165) is 24.9 Å². The van der Waals surface area contributed by atoms with E-state index < -0.39 is 0 Å². The minimum absolute atomic E-state index is 0.156. The standard InChI is InChI=1S/C17H19NO3/c1-21-17-9-11(2-5-16(17)20)8-15-14-4-3-13(19)10-12(14)6-7-18-15/h2-5,9-10,15,18-20H,6-8H2,1H3. The van der Waals surface area contributed by atoms with Gasteiger partial charge in [-0.05, 0) is 60.3 Å². The number of fused-ring (bicyclic) bond motifs is 1. The largest absolute Gasteiger partial charge is 0.508 e. The Morgan fingerprint density at radius 1 is 1.19 bits per heavy atom. The fourth-order valence-corrected chi connectivity index (χ4v) is 2.91. The van der Waals surface area contributed by atoms with E-state index in [1.807, 2.05) is 24.3 Å². The average molecular weight is 285 g/mol. The van der Waals surface area contributed by atoms with Gasteiger partial charge in [-0.25, -0.2) is 0 Å². The first-order valence-corrected chi connectivity index (χ1v) is 7.08. The van der Waals surface area contributed by atoms with Crippen LogP contribution in [0, 0.1) is 0 Å². The molecule has 2 aromatic carbocycles. The number of phenolic OH excluding ortho intramolecular Hbond substituents is 2. The minimum Gasteiger partial charge on any atom is -0.508 e. The highest BCUT2D eigenvalue weighted by Crippen LogP contribution is 2.31. The van der Waals surface area contributed by atoms with Crippen LogP contribution in [-0.4, -0.2) is 23.9 Å². The second kappa shape index (κ2) is 5.66. The molecule has 1 aliphatic rings. The summed E-state index contributed by atoms with van der Waals surface area (Å²) in [5, 5.41) is 22.8. The molecule has 0 bridgehead atoms. The van der Waals surface area contributed by atoms with Gasteiger partial charge in [0.2, 0.25) is 0 Å². The summed E-state index contributed by atoms with van der Waals surface area (Å²) in [4.78, 5) is 0. The lowest BCUT2D eigenvalue weighted by atomic mass is 9.90. The summed E-state index contributed by atoms with van der Waals surface area (Å²) in [6, 6.07) is 11.2. The van der Waals surface area contributed by atoms with Crippen molar-refractivity contribution in [2.24, 2.45) is 0 Å². The summed E-state index contributed by atoms with van der Waals surface area (Å²) in [5.41, 5.74) is 3.53. The topological polar surface area (TPSA) is 61.7 Å². The van der Waals surface area contributed by atoms with Crippen LogP contribution in [0.15, 0.2) is 36.4 Å². The highest BCUT2D eigenvalue weighted by atomic mass is 16.5. The van der Waals surface area contributed by atoms with Gasteiger partial charge >= 0.3 is 0 Å². The summed E-state index contributed by atoms with van der Waals surface area (Å²) in [5.74, 6) is 0.970. The molecule has 0 saturated carbocycles. The molecule has 110 valence electrons. The SMILES string of the molecule is COc1cc(CC2NCCc3cc(O)ccc32)ccc1O. The van der Waals surface area contributed by atoms with Crippen LogP contribution in [-0.2, 0) is 12.8 Å². The molecule has 0 aliphatic carbocycles. The fourth-order valence-electron chi connectivity index (χ4n) is 2.91. The number of rotatable bonds is 3. The van der Waals surface area contributed by atoms with E-state index in [1.165, 1.54) is 11.1 Å². The van der Waals surface area contributed by atoms with E-state index in [0.29, 0.717) is 11.5 Å². The number of hydrogen-bond acceptors (Lipinski definition) is 4. The Balaban J connectivity index is 1.86. The van der Waals surface area contributed by atoms with Crippen LogP contribution < -0.4 is 10.1 Å². The van der Waals surface area contributed by atoms with Gasteiger partial charge in [0.05, 0.1) is 7.11 Å². The monoisotopic (exact) mass is 285 g/mol. The third-order valence-electron chi connectivity index (χ3n) is 3.97. The van der Waals surface area contributed by atoms with E-state index >= 15 is 0 Å². The third kappa shape index (κ3) is 2.81. The zero-order valence-electron chi connectivity index (χ0n) is 12.0. The van der Waals surface area contributed by atoms with Crippen molar-refractivity contribution in [3.8, 4) is 17.2 Å². The summed E-state index contributed by atoms with van der Waals surface area (Å²) < 4.78 is 5.16. The number of phenols is 2. The van der Waals surface area contributed by atoms with E-state index in [-0.39, 0.29) is 11.8 Å². The van der Waals surface area contributed by atoms with Gasteiger partial charge in [-0.1, -0.05) is 12.1 Å². The zero-order valence-corrected chi connectivity index (χ0v) is 12.0. The predicted molar refractivity (Wildman–Crippen MR) is 80.9 cm³/mol. The molecule has 0 fully saturated rings. The molecular formula is C17H19NO3. The first-order valence-electron chi connectivity index (χ1n) is 7.08. The molecule has 3 rings (SSSR count). The van der Waals surface area contributed by atoms with Crippen molar-refractivity contribution in [1.29, 1.82) is 0 Å². The van der Waals surface area contributed by atoms with Crippen LogP contribution in [0.4, 0.5) is 0 Å². The highest BCUT2D eigenvalue weighted by Gasteiger charge is 2.20. The molecule has 3 N–H and O–H groups in total. The Morgan fingerprint density at radius 2 is 2.05 bits per heavy atom. The molecule has 21 heavy (non-hydrogen) atoms. The molecule has 2 aromatic rings. The molecule has 1 aliphatic heterocycles. The summed E-state index contributed by atoms with van der Waals surface area (Å²) in [6.45, 7) is 0.899. The highest BCUT2D eigenvalue weighted by molar-refractivity contribution is 5.43. The molecule has 1 unspecified atom stereocenters. The maximum absolute atomic E-state index is 9.66. The number of aromatic hydroxyl groups is 2. The Bertz CT molecular complexity index is 654. The van der Waals surface area contributed by atoms with Crippen LogP contribution >= 0.6 is 0 Å². The van der Waals surface area contributed by atoms with E-state index in [1.54, 1.807) is 19.2 Å². The van der Waals surface area contributed by atoms with Gasteiger partial charge in [0.15, 0.2) is 11.5 Å². The third-order valence-corrected chi connectivity index (χ3v) is 3.97. The van der Waals surface area contributed by atoms with Gasteiger partial charge in [0.25, 0.3) is 0 Å². The molecule has 0 saturated heterocycles. The molecule has 0 aromatic heterocycles. The van der Waals surface area contributed by atoms with Crippen LogP contribution in [0.1, 0.15) is 22.7 Å². The Morgan fingerprint density at radius 3 is 2.86 bits per heavy atom. The number of ether oxygens (including phenoxy) is 1. The van der Waals surface area contributed by atoms with Gasteiger partial charge in [0, 0.05) is 6.04 Å². The molecule has 1 heterocycles. The first kappa shape index (κ1) is 13.8. The predicted octanol–water partition coefficient (Wildman–Crippen LogP) is 2.54. The smallest absolute Gasteiger partial charge is 0.160 e. The molecule has 0 spiro atoms. The molecule has 4 nitrogen and oxygen atoms in total. The first-order chi connectivity index (χ1) is 10.2. The lowest BCUT2D eigenvalue weighted by Crippen LogP contribution is -2.31.